The van der Waals surface area contributed by atoms with E-state index in [9.17, 15) is 9.59 Å². The van der Waals surface area contributed by atoms with Crippen molar-refractivity contribution in [2.75, 3.05) is 13.7 Å². The minimum atomic E-state index is -0.631. The number of benzene rings is 4. The minimum absolute atomic E-state index is 0.277. The molecule has 0 spiro atoms. The molecule has 6 nitrogen and oxygen atoms in total. The molecule has 1 amide bonds. The monoisotopic (exact) mass is 554 g/mol. The van der Waals surface area contributed by atoms with Crippen LogP contribution in [0.3, 0.4) is 0 Å². The number of thiophene rings is 1. The molecule has 8 heteroatoms. The van der Waals surface area contributed by atoms with Crippen LogP contribution in [0.2, 0.25) is 5.02 Å². The number of halogens is 1. The first-order chi connectivity index (χ1) is 19.0. The number of rotatable bonds is 6. The lowest BCUT2D eigenvalue weighted by molar-refractivity contribution is -0.136. The maximum Gasteiger partial charge on any atom is 0.350 e. The Morgan fingerprint density at radius 3 is 2.49 bits per heavy atom. The van der Waals surface area contributed by atoms with Crippen molar-refractivity contribution < 1.29 is 19.1 Å². The van der Waals surface area contributed by atoms with Crippen molar-refractivity contribution in [2.45, 2.75) is 12.5 Å². The third kappa shape index (κ3) is 4.87. The van der Waals surface area contributed by atoms with Crippen molar-refractivity contribution in [1.29, 1.82) is 0 Å². The van der Waals surface area contributed by atoms with Gasteiger partial charge in [0, 0.05) is 16.5 Å². The van der Waals surface area contributed by atoms with Crippen LogP contribution in [-0.2, 0) is 9.53 Å². The van der Waals surface area contributed by atoms with Crippen LogP contribution in [0.5, 0.6) is 5.75 Å². The Hall–Kier alpha value is -4.20. The molecule has 0 aliphatic carbocycles. The zero-order valence-corrected chi connectivity index (χ0v) is 22.5. The predicted octanol–water partition coefficient (Wildman–Crippen LogP) is 7.25. The summed E-state index contributed by atoms with van der Waals surface area (Å²) in [6.07, 6.45) is 0.520. The number of esters is 1. The molecule has 1 unspecified atom stereocenters. The van der Waals surface area contributed by atoms with Crippen LogP contribution >= 0.6 is 22.9 Å². The van der Waals surface area contributed by atoms with Gasteiger partial charge < -0.3 is 9.47 Å². The molecule has 1 aliphatic rings. The van der Waals surface area contributed by atoms with Gasteiger partial charge in [-0.05, 0) is 46.2 Å². The molecule has 0 saturated heterocycles. The molecule has 0 saturated carbocycles. The van der Waals surface area contributed by atoms with E-state index in [1.807, 2.05) is 66.7 Å². The lowest BCUT2D eigenvalue weighted by Gasteiger charge is -2.22. The van der Waals surface area contributed by atoms with E-state index in [0.717, 1.165) is 43.4 Å². The van der Waals surface area contributed by atoms with Gasteiger partial charge in [0.05, 0.1) is 23.9 Å². The van der Waals surface area contributed by atoms with Crippen molar-refractivity contribution >= 4 is 61.4 Å². The average molecular weight is 555 g/mol. The predicted molar refractivity (Wildman–Crippen MR) is 155 cm³/mol. The number of hydrogen-bond acceptors (Lipinski definition) is 6. The van der Waals surface area contributed by atoms with Gasteiger partial charge in [-0.3, -0.25) is 4.79 Å². The fraction of sp³-hybridized carbons (Fsp3) is 0.129. The molecular weight excluding hydrogens is 532 g/mol. The number of fused-ring (bicyclic) bond motifs is 2. The SMILES string of the molecule is COc1ccc(C2CC(c3ccc4ccccc4c3)=NN2C(=O)COC(=O)c2sc3ccccc3c2Cl)cc1. The lowest BCUT2D eigenvalue weighted by atomic mass is 9.97. The zero-order valence-electron chi connectivity index (χ0n) is 21.0. The highest BCUT2D eigenvalue weighted by atomic mass is 35.5. The summed E-state index contributed by atoms with van der Waals surface area (Å²) in [5, 5.41) is 9.49. The summed E-state index contributed by atoms with van der Waals surface area (Å²) < 4.78 is 11.6. The smallest absolute Gasteiger partial charge is 0.350 e. The number of nitrogens with zero attached hydrogens (tertiary/aromatic N) is 2. The molecule has 5 aromatic rings. The van der Waals surface area contributed by atoms with Crippen molar-refractivity contribution in [3.63, 3.8) is 0 Å². The summed E-state index contributed by atoms with van der Waals surface area (Å²) in [6.45, 7) is -0.454. The molecule has 4 aromatic carbocycles. The third-order valence-corrected chi connectivity index (χ3v) is 8.45. The van der Waals surface area contributed by atoms with E-state index >= 15 is 0 Å². The van der Waals surface area contributed by atoms with E-state index in [2.05, 4.69) is 24.3 Å². The van der Waals surface area contributed by atoms with Crippen LogP contribution in [0.15, 0.2) is 96.1 Å². The first-order valence-corrected chi connectivity index (χ1v) is 13.6. The first-order valence-electron chi connectivity index (χ1n) is 12.4. The van der Waals surface area contributed by atoms with Gasteiger partial charge in [0.25, 0.3) is 5.91 Å². The van der Waals surface area contributed by atoms with E-state index in [0.29, 0.717) is 11.4 Å². The summed E-state index contributed by atoms with van der Waals surface area (Å²) in [5.41, 5.74) is 2.63. The number of hydrogen-bond donors (Lipinski definition) is 0. The second-order valence-electron chi connectivity index (χ2n) is 9.16. The van der Waals surface area contributed by atoms with Gasteiger partial charge in [0.1, 0.15) is 10.6 Å². The molecule has 1 aliphatic heterocycles. The Bertz CT molecular complexity index is 1750. The summed E-state index contributed by atoms with van der Waals surface area (Å²) >= 11 is 7.68. The fourth-order valence-electron chi connectivity index (χ4n) is 4.77. The largest absolute Gasteiger partial charge is 0.497 e. The molecule has 6 rings (SSSR count). The topological polar surface area (TPSA) is 68.2 Å². The average Bonchev–Trinajstić information content (AvgIpc) is 3.58. The Labute approximate surface area is 234 Å². The zero-order chi connectivity index (χ0) is 26.9. The quantitative estimate of drug-likeness (QED) is 0.207. The summed E-state index contributed by atoms with van der Waals surface area (Å²) in [5.74, 6) is -0.329. The molecule has 194 valence electrons. The van der Waals surface area contributed by atoms with Crippen molar-refractivity contribution in [1.82, 2.24) is 5.01 Å². The summed E-state index contributed by atoms with van der Waals surface area (Å²) in [7, 11) is 1.61. The number of hydrazone groups is 1. The van der Waals surface area contributed by atoms with Gasteiger partial charge in [-0.25, -0.2) is 9.80 Å². The highest BCUT2D eigenvalue weighted by Crippen LogP contribution is 2.36. The fourth-order valence-corrected chi connectivity index (χ4v) is 6.18. The van der Waals surface area contributed by atoms with E-state index in [-0.39, 0.29) is 10.9 Å². The van der Waals surface area contributed by atoms with E-state index in [4.69, 9.17) is 26.2 Å². The molecular formula is C31H23ClN2O4S. The van der Waals surface area contributed by atoms with Crippen molar-refractivity contribution in [3.05, 3.63) is 112 Å². The molecule has 0 fully saturated rings. The van der Waals surface area contributed by atoms with E-state index in [1.165, 1.54) is 16.3 Å². The van der Waals surface area contributed by atoms with Gasteiger partial charge in [-0.15, -0.1) is 11.3 Å². The van der Waals surface area contributed by atoms with Crippen LogP contribution in [0.25, 0.3) is 20.9 Å². The van der Waals surface area contributed by atoms with Gasteiger partial charge in [-0.2, -0.15) is 5.10 Å². The second kappa shape index (κ2) is 10.5. The third-order valence-electron chi connectivity index (χ3n) is 6.80. The molecule has 1 aromatic heterocycles. The Kier molecular flexibility index (Phi) is 6.77. The molecule has 2 heterocycles. The van der Waals surface area contributed by atoms with Crippen LogP contribution in [-0.4, -0.2) is 36.3 Å². The summed E-state index contributed by atoms with van der Waals surface area (Å²) in [6, 6.07) is 28.9. The highest BCUT2D eigenvalue weighted by molar-refractivity contribution is 7.21. The number of carbonyl (C=O) groups excluding carboxylic acids is 2. The highest BCUT2D eigenvalue weighted by Gasteiger charge is 2.34. The van der Waals surface area contributed by atoms with Crippen molar-refractivity contribution in [2.24, 2.45) is 5.10 Å². The summed E-state index contributed by atoms with van der Waals surface area (Å²) in [4.78, 5) is 26.6. The Balaban J connectivity index is 1.26. The van der Waals surface area contributed by atoms with Gasteiger partial charge in [0.2, 0.25) is 0 Å². The normalized spacial score (nSPS) is 15.0. The van der Waals surface area contributed by atoms with Gasteiger partial charge in [0.15, 0.2) is 6.61 Å². The van der Waals surface area contributed by atoms with Crippen LogP contribution in [0.4, 0.5) is 0 Å². The van der Waals surface area contributed by atoms with Gasteiger partial charge >= 0.3 is 5.97 Å². The second-order valence-corrected chi connectivity index (χ2v) is 10.6. The number of ether oxygens (including phenoxy) is 2. The van der Waals surface area contributed by atoms with Crippen LogP contribution < -0.4 is 4.74 Å². The van der Waals surface area contributed by atoms with E-state index < -0.39 is 18.5 Å². The number of methoxy groups -OCH3 is 1. The molecule has 1 atom stereocenters. The maximum absolute atomic E-state index is 13.4. The van der Waals surface area contributed by atoms with Crippen LogP contribution in [0.1, 0.15) is 33.3 Å². The molecule has 0 N–H and O–H groups in total. The van der Waals surface area contributed by atoms with E-state index in [1.54, 1.807) is 7.11 Å². The molecule has 0 bridgehead atoms. The maximum atomic E-state index is 13.4. The minimum Gasteiger partial charge on any atom is -0.497 e. The van der Waals surface area contributed by atoms with Crippen molar-refractivity contribution in [3.8, 4) is 5.75 Å². The Morgan fingerprint density at radius 1 is 0.974 bits per heavy atom. The van der Waals surface area contributed by atoms with Crippen LogP contribution in [0, 0.1) is 0 Å². The van der Waals surface area contributed by atoms with Gasteiger partial charge in [-0.1, -0.05) is 78.3 Å². The molecule has 0 radical (unpaired) electrons. The lowest BCUT2D eigenvalue weighted by Crippen LogP contribution is -2.31. The standard InChI is InChI=1S/C31H23ClN2O4S/c1-37-23-14-12-20(13-15-23)26-17-25(22-11-10-19-6-2-3-7-21(19)16-22)33-34(26)28(35)18-38-31(36)30-29(32)24-8-4-5-9-27(24)39-30/h2-16,26H,17-18H2,1H3. The number of carbonyl (C=O) groups is 2. The Morgan fingerprint density at radius 2 is 1.72 bits per heavy atom. The number of amides is 1. The first kappa shape index (κ1) is 25.1. The molecule has 39 heavy (non-hydrogen) atoms.